The average Bonchev–Trinajstić information content (AvgIpc) is 2.87. The molecular formula is C14H18N2O4. The Balaban J connectivity index is 1.65. The van der Waals surface area contributed by atoms with E-state index in [1.807, 2.05) is 0 Å². The Hall–Kier alpha value is -1.66. The molecule has 2 atom stereocenters. The molecule has 1 aromatic heterocycles. The molecule has 3 rings (SSSR count). The molecule has 6 nitrogen and oxygen atoms in total. The van der Waals surface area contributed by atoms with Crippen molar-refractivity contribution in [3.05, 3.63) is 34.2 Å². The van der Waals surface area contributed by atoms with Gasteiger partial charge >= 0.3 is 0 Å². The minimum absolute atomic E-state index is 0.0669. The van der Waals surface area contributed by atoms with Crippen molar-refractivity contribution in [2.75, 3.05) is 19.8 Å². The molecule has 1 spiro atoms. The van der Waals surface area contributed by atoms with E-state index in [4.69, 9.17) is 9.47 Å². The zero-order valence-electron chi connectivity index (χ0n) is 11.2. The van der Waals surface area contributed by atoms with Crippen molar-refractivity contribution in [3.63, 3.8) is 0 Å². The van der Waals surface area contributed by atoms with Crippen LogP contribution in [-0.4, -0.2) is 42.4 Å². The van der Waals surface area contributed by atoms with Crippen LogP contribution in [0.25, 0.3) is 0 Å². The number of amides is 1. The second-order valence-electron chi connectivity index (χ2n) is 5.44. The van der Waals surface area contributed by atoms with Crippen molar-refractivity contribution in [3.8, 4) is 0 Å². The Bertz CT molecular complexity index is 548. The molecule has 2 unspecified atom stereocenters. The summed E-state index contributed by atoms with van der Waals surface area (Å²) in [5.41, 5.74) is -0.119. The van der Waals surface area contributed by atoms with Crippen molar-refractivity contribution in [2.24, 2.45) is 0 Å². The fourth-order valence-corrected chi connectivity index (χ4v) is 2.87. The van der Waals surface area contributed by atoms with Gasteiger partial charge in [-0.15, -0.1) is 0 Å². The largest absolute Gasteiger partial charge is 0.378 e. The van der Waals surface area contributed by atoms with Crippen LogP contribution in [0, 0.1) is 0 Å². The molecule has 0 radical (unpaired) electrons. The Labute approximate surface area is 116 Å². The maximum absolute atomic E-state index is 12.1. The van der Waals surface area contributed by atoms with E-state index in [-0.39, 0.29) is 23.1 Å². The smallest absolute Gasteiger partial charge is 0.251 e. The highest BCUT2D eigenvalue weighted by Crippen LogP contribution is 2.32. The zero-order chi connectivity index (χ0) is 14.0. The third-order valence-electron chi connectivity index (χ3n) is 3.93. The normalized spacial score (nSPS) is 29.5. The molecule has 2 fully saturated rings. The van der Waals surface area contributed by atoms with Crippen molar-refractivity contribution >= 4 is 5.91 Å². The molecule has 0 aliphatic carbocycles. The Morgan fingerprint density at radius 1 is 1.45 bits per heavy atom. The van der Waals surface area contributed by atoms with Gasteiger partial charge in [0.2, 0.25) is 5.56 Å². The van der Waals surface area contributed by atoms with E-state index in [2.05, 4.69) is 10.3 Å². The summed E-state index contributed by atoms with van der Waals surface area (Å²) in [7, 11) is 0. The fourth-order valence-electron chi connectivity index (χ4n) is 2.87. The second kappa shape index (κ2) is 5.38. The monoisotopic (exact) mass is 278 g/mol. The van der Waals surface area contributed by atoms with E-state index >= 15 is 0 Å². The average molecular weight is 278 g/mol. The highest BCUT2D eigenvalue weighted by Gasteiger charge is 2.41. The van der Waals surface area contributed by atoms with E-state index in [9.17, 15) is 9.59 Å². The number of ether oxygens (including phenoxy) is 2. The maximum atomic E-state index is 12.1. The van der Waals surface area contributed by atoms with Crippen LogP contribution in [0.4, 0.5) is 0 Å². The Morgan fingerprint density at radius 3 is 3.10 bits per heavy atom. The van der Waals surface area contributed by atoms with Crippen LogP contribution >= 0.6 is 0 Å². The number of aromatic nitrogens is 1. The van der Waals surface area contributed by atoms with E-state index in [0.29, 0.717) is 25.4 Å². The minimum atomic E-state index is -0.273. The number of carbonyl (C=O) groups excluding carboxylic acids is 1. The summed E-state index contributed by atoms with van der Waals surface area (Å²) in [5, 5.41) is 2.99. The molecule has 1 amide bonds. The first-order valence-corrected chi connectivity index (χ1v) is 6.88. The van der Waals surface area contributed by atoms with Crippen LogP contribution in [0.15, 0.2) is 23.1 Å². The van der Waals surface area contributed by atoms with Gasteiger partial charge in [0.05, 0.1) is 12.2 Å². The van der Waals surface area contributed by atoms with Crippen molar-refractivity contribution < 1.29 is 14.3 Å². The lowest BCUT2D eigenvalue weighted by molar-refractivity contribution is -0.0881. The highest BCUT2D eigenvalue weighted by molar-refractivity contribution is 5.94. The van der Waals surface area contributed by atoms with Crippen LogP contribution in [0.5, 0.6) is 0 Å². The molecule has 2 saturated heterocycles. The van der Waals surface area contributed by atoms with Crippen LogP contribution < -0.4 is 10.9 Å². The van der Waals surface area contributed by atoms with Gasteiger partial charge in [-0.3, -0.25) is 9.59 Å². The minimum Gasteiger partial charge on any atom is -0.378 e. The lowest BCUT2D eigenvalue weighted by Crippen LogP contribution is -2.49. The number of hydrogen-bond acceptors (Lipinski definition) is 4. The van der Waals surface area contributed by atoms with Gasteiger partial charge in [0.1, 0.15) is 0 Å². The van der Waals surface area contributed by atoms with Gasteiger partial charge in [0, 0.05) is 43.5 Å². The van der Waals surface area contributed by atoms with Gasteiger partial charge in [0.25, 0.3) is 5.91 Å². The predicted molar refractivity (Wildman–Crippen MR) is 71.7 cm³/mol. The van der Waals surface area contributed by atoms with Crippen LogP contribution in [0.1, 0.15) is 29.6 Å². The van der Waals surface area contributed by atoms with Crippen molar-refractivity contribution in [1.82, 2.24) is 10.3 Å². The zero-order valence-corrected chi connectivity index (χ0v) is 11.2. The number of aromatic amines is 1. The molecule has 1 aromatic rings. The fraction of sp³-hybridized carbons (Fsp3) is 0.571. The van der Waals surface area contributed by atoms with E-state index in [1.165, 1.54) is 12.3 Å². The number of H-pyrrole nitrogens is 1. The molecular weight excluding hydrogens is 260 g/mol. The Morgan fingerprint density at radius 2 is 2.35 bits per heavy atom. The quantitative estimate of drug-likeness (QED) is 0.822. The SMILES string of the molecule is O=C(NC1CCOC2(CCOC2)C1)c1cc[nH]c(=O)c1. The van der Waals surface area contributed by atoms with E-state index in [0.717, 1.165) is 19.3 Å². The molecule has 2 aliphatic rings. The van der Waals surface area contributed by atoms with Crippen LogP contribution in [-0.2, 0) is 9.47 Å². The van der Waals surface area contributed by atoms with Gasteiger partial charge in [-0.1, -0.05) is 0 Å². The molecule has 6 heteroatoms. The van der Waals surface area contributed by atoms with Crippen molar-refractivity contribution in [2.45, 2.75) is 30.9 Å². The molecule has 0 aromatic carbocycles. The van der Waals surface area contributed by atoms with E-state index in [1.54, 1.807) is 6.07 Å². The third kappa shape index (κ3) is 2.76. The summed E-state index contributed by atoms with van der Waals surface area (Å²) < 4.78 is 11.2. The van der Waals surface area contributed by atoms with Gasteiger partial charge in [-0.2, -0.15) is 0 Å². The van der Waals surface area contributed by atoms with Gasteiger partial charge in [-0.25, -0.2) is 0 Å². The molecule has 3 heterocycles. The third-order valence-corrected chi connectivity index (χ3v) is 3.93. The number of hydrogen-bond donors (Lipinski definition) is 2. The maximum Gasteiger partial charge on any atom is 0.251 e. The molecule has 2 N–H and O–H groups in total. The lowest BCUT2D eigenvalue weighted by Gasteiger charge is -2.37. The first-order valence-electron chi connectivity index (χ1n) is 6.88. The molecule has 20 heavy (non-hydrogen) atoms. The summed E-state index contributed by atoms with van der Waals surface area (Å²) in [5.74, 6) is -0.211. The van der Waals surface area contributed by atoms with Crippen LogP contribution in [0.2, 0.25) is 0 Å². The first-order chi connectivity index (χ1) is 9.67. The highest BCUT2D eigenvalue weighted by atomic mass is 16.6. The molecule has 0 saturated carbocycles. The topological polar surface area (TPSA) is 80.4 Å². The standard InChI is InChI=1S/C14H18N2O4/c17-12-7-10(1-4-15-12)13(18)16-11-2-5-20-14(8-11)3-6-19-9-14/h1,4,7,11H,2-3,5-6,8-9H2,(H,15,17)(H,16,18). The Kier molecular flexibility index (Phi) is 3.58. The predicted octanol–water partition coefficient (Wildman–Crippen LogP) is 0.443. The first kappa shape index (κ1) is 13.3. The summed E-state index contributed by atoms with van der Waals surface area (Å²) in [6.07, 6.45) is 3.91. The molecule has 0 bridgehead atoms. The second-order valence-corrected chi connectivity index (χ2v) is 5.44. The van der Waals surface area contributed by atoms with Crippen LogP contribution in [0.3, 0.4) is 0 Å². The van der Waals surface area contributed by atoms with E-state index < -0.39 is 0 Å². The van der Waals surface area contributed by atoms with Gasteiger partial charge in [0.15, 0.2) is 0 Å². The number of rotatable bonds is 2. The number of pyridine rings is 1. The number of carbonyl (C=O) groups is 1. The lowest BCUT2D eigenvalue weighted by atomic mass is 9.89. The van der Waals surface area contributed by atoms with Crippen molar-refractivity contribution in [1.29, 1.82) is 0 Å². The molecule has 108 valence electrons. The summed E-state index contributed by atoms with van der Waals surface area (Å²) in [4.78, 5) is 25.8. The van der Waals surface area contributed by atoms with Gasteiger partial charge < -0.3 is 19.8 Å². The summed E-state index contributed by atoms with van der Waals surface area (Å²) in [6, 6.07) is 2.98. The molecule has 2 aliphatic heterocycles. The summed E-state index contributed by atoms with van der Waals surface area (Å²) in [6.45, 7) is 1.95. The summed E-state index contributed by atoms with van der Waals surface area (Å²) >= 11 is 0. The van der Waals surface area contributed by atoms with Gasteiger partial charge in [-0.05, 0) is 18.9 Å². The number of nitrogens with one attached hydrogen (secondary N) is 2.